The summed E-state index contributed by atoms with van der Waals surface area (Å²) in [6, 6.07) is 11.2. The average Bonchev–Trinajstić information content (AvgIpc) is 3.04. The first kappa shape index (κ1) is 16.5. The van der Waals surface area contributed by atoms with Gasteiger partial charge in [0.05, 0.1) is 34.5 Å². The first-order chi connectivity index (χ1) is 11.6. The van der Waals surface area contributed by atoms with E-state index in [2.05, 4.69) is 15.5 Å². The zero-order chi connectivity index (χ0) is 16.9. The topological polar surface area (TPSA) is 70.7 Å². The van der Waals surface area contributed by atoms with Gasteiger partial charge in [-0.25, -0.2) is 0 Å². The molecule has 1 aliphatic heterocycles. The number of ether oxygens (including phenoxy) is 1. The number of anilines is 3. The van der Waals surface area contributed by atoms with Gasteiger partial charge < -0.3 is 20.3 Å². The number of benzene rings is 1. The summed E-state index contributed by atoms with van der Waals surface area (Å²) in [7, 11) is 0. The van der Waals surface area contributed by atoms with Gasteiger partial charge in [0.25, 0.3) is 5.91 Å². The van der Waals surface area contributed by atoms with Crippen molar-refractivity contribution < 1.29 is 14.3 Å². The summed E-state index contributed by atoms with van der Waals surface area (Å²) in [6.07, 6.45) is 0. The predicted molar refractivity (Wildman–Crippen MR) is 96.0 cm³/mol. The van der Waals surface area contributed by atoms with Crippen LogP contribution in [0.4, 0.5) is 16.4 Å². The fraction of sp³-hybridized carbons (Fsp3) is 0.294. The molecule has 0 atom stereocenters. The summed E-state index contributed by atoms with van der Waals surface area (Å²) < 4.78 is 5.38. The molecule has 1 aromatic carbocycles. The Labute approximate surface area is 144 Å². The van der Waals surface area contributed by atoms with Crippen LogP contribution in [0.1, 0.15) is 16.6 Å². The first-order valence-electron chi connectivity index (χ1n) is 7.74. The number of rotatable bonds is 4. The van der Waals surface area contributed by atoms with E-state index in [0.29, 0.717) is 23.1 Å². The van der Waals surface area contributed by atoms with Gasteiger partial charge in [-0.1, -0.05) is 12.1 Å². The van der Waals surface area contributed by atoms with Crippen LogP contribution >= 0.6 is 11.3 Å². The molecule has 2 N–H and O–H groups in total. The smallest absolute Gasteiger partial charge is 0.265 e. The number of morpholine rings is 1. The van der Waals surface area contributed by atoms with Crippen LogP contribution in [0, 0.1) is 0 Å². The van der Waals surface area contributed by atoms with Crippen molar-refractivity contribution in [2.45, 2.75) is 6.92 Å². The van der Waals surface area contributed by atoms with Gasteiger partial charge in [-0.05, 0) is 24.3 Å². The number of thiophene rings is 1. The van der Waals surface area contributed by atoms with Crippen molar-refractivity contribution in [1.82, 2.24) is 0 Å². The summed E-state index contributed by atoms with van der Waals surface area (Å²) in [5.41, 5.74) is 1.77. The highest BCUT2D eigenvalue weighted by Crippen LogP contribution is 2.28. The van der Waals surface area contributed by atoms with E-state index < -0.39 is 0 Å². The lowest BCUT2D eigenvalue weighted by molar-refractivity contribution is -0.114. The van der Waals surface area contributed by atoms with E-state index in [9.17, 15) is 9.59 Å². The Morgan fingerprint density at radius 2 is 1.83 bits per heavy atom. The molecule has 1 saturated heterocycles. The molecule has 126 valence electrons. The van der Waals surface area contributed by atoms with Gasteiger partial charge in [0.1, 0.15) is 0 Å². The predicted octanol–water partition coefficient (Wildman–Crippen LogP) is 2.80. The highest BCUT2D eigenvalue weighted by molar-refractivity contribution is 7.18. The van der Waals surface area contributed by atoms with E-state index >= 15 is 0 Å². The summed E-state index contributed by atoms with van der Waals surface area (Å²) in [6.45, 7) is 4.43. The van der Waals surface area contributed by atoms with Gasteiger partial charge in [-0.15, -0.1) is 11.3 Å². The Kier molecular flexibility index (Phi) is 5.12. The molecule has 3 rings (SSSR count). The minimum atomic E-state index is -0.183. The molecule has 0 radical (unpaired) electrons. The van der Waals surface area contributed by atoms with E-state index in [1.165, 1.54) is 18.3 Å². The van der Waals surface area contributed by atoms with Crippen LogP contribution in [0.25, 0.3) is 0 Å². The molecule has 0 bridgehead atoms. The number of hydrogen-bond donors (Lipinski definition) is 2. The molecule has 2 aromatic rings. The van der Waals surface area contributed by atoms with Crippen LogP contribution in [-0.2, 0) is 9.53 Å². The minimum Gasteiger partial charge on any atom is -0.378 e. The van der Waals surface area contributed by atoms with Gasteiger partial charge in [-0.3, -0.25) is 9.59 Å². The molecule has 1 aliphatic rings. The van der Waals surface area contributed by atoms with Crippen molar-refractivity contribution in [2.24, 2.45) is 0 Å². The second-order valence-corrected chi connectivity index (χ2v) is 6.50. The largest absolute Gasteiger partial charge is 0.378 e. The molecule has 7 heteroatoms. The fourth-order valence-electron chi connectivity index (χ4n) is 2.54. The van der Waals surface area contributed by atoms with Crippen LogP contribution < -0.4 is 15.5 Å². The third-order valence-electron chi connectivity index (χ3n) is 3.63. The molecule has 2 amide bonds. The van der Waals surface area contributed by atoms with Crippen molar-refractivity contribution in [1.29, 1.82) is 0 Å². The summed E-state index contributed by atoms with van der Waals surface area (Å²) in [4.78, 5) is 26.3. The number of carbonyl (C=O) groups excluding carboxylic acids is 2. The zero-order valence-corrected chi connectivity index (χ0v) is 14.2. The van der Waals surface area contributed by atoms with Crippen LogP contribution in [0.2, 0.25) is 0 Å². The Morgan fingerprint density at radius 1 is 1.08 bits per heavy atom. The number of nitrogens with zero attached hydrogens (tertiary/aromatic N) is 1. The monoisotopic (exact) mass is 345 g/mol. The normalized spacial score (nSPS) is 14.3. The zero-order valence-electron chi connectivity index (χ0n) is 13.4. The first-order valence-corrected chi connectivity index (χ1v) is 8.55. The van der Waals surface area contributed by atoms with E-state index in [1.807, 2.05) is 24.3 Å². The maximum atomic E-state index is 12.5. The van der Waals surface area contributed by atoms with Crippen molar-refractivity contribution in [2.75, 3.05) is 41.8 Å². The summed E-state index contributed by atoms with van der Waals surface area (Å²) >= 11 is 1.25. The molecule has 1 aromatic heterocycles. The molecule has 0 aliphatic carbocycles. The average molecular weight is 345 g/mol. The molecular formula is C17H19N3O3S. The van der Waals surface area contributed by atoms with E-state index in [-0.39, 0.29) is 11.8 Å². The molecule has 0 saturated carbocycles. The highest BCUT2D eigenvalue weighted by Gasteiger charge is 2.17. The molecule has 24 heavy (non-hydrogen) atoms. The van der Waals surface area contributed by atoms with Gasteiger partial charge in [-0.2, -0.15) is 0 Å². The Bertz CT molecular complexity index is 738. The van der Waals surface area contributed by atoms with Crippen molar-refractivity contribution in [3.63, 3.8) is 0 Å². The van der Waals surface area contributed by atoms with Gasteiger partial charge in [0.2, 0.25) is 5.91 Å². The third kappa shape index (κ3) is 3.93. The van der Waals surface area contributed by atoms with Gasteiger partial charge in [0, 0.05) is 20.0 Å². The maximum Gasteiger partial charge on any atom is 0.265 e. The number of nitrogens with one attached hydrogen (secondary N) is 2. The minimum absolute atomic E-state index is 0.151. The maximum absolute atomic E-state index is 12.5. The molecule has 0 spiro atoms. The second kappa shape index (κ2) is 7.46. The Hall–Kier alpha value is -2.38. The van der Waals surface area contributed by atoms with E-state index in [1.54, 1.807) is 12.1 Å². The number of amides is 2. The van der Waals surface area contributed by atoms with Crippen molar-refractivity contribution in [3.8, 4) is 0 Å². The van der Waals surface area contributed by atoms with E-state index in [0.717, 1.165) is 24.5 Å². The lowest BCUT2D eigenvalue weighted by Gasteiger charge is -2.30. The second-order valence-electron chi connectivity index (χ2n) is 5.42. The van der Waals surface area contributed by atoms with Crippen molar-refractivity contribution in [3.05, 3.63) is 41.3 Å². The lowest BCUT2D eigenvalue weighted by atomic mass is 10.2. The third-order valence-corrected chi connectivity index (χ3v) is 4.63. The fourth-order valence-corrected chi connectivity index (χ4v) is 3.39. The summed E-state index contributed by atoms with van der Waals surface area (Å²) in [5, 5.41) is 6.31. The van der Waals surface area contributed by atoms with Crippen LogP contribution in [-0.4, -0.2) is 38.1 Å². The Balaban J connectivity index is 1.74. The number of hydrogen-bond acceptors (Lipinski definition) is 5. The Morgan fingerprint density at radius 3 is 2.58 bits per heavy atom. The highest BCUT2D eigenvalue weighted by atomic mass is 32.1. The van der Waals surface area contributed by atoms with Crippen molar-refractivity contribution >= 4 is 39.5 Å². The number of para-hydroxylation sites is 2. The molecular weight excluding hydrogens is 326 g/mol. The van der Waals surface area contributed by atoms with E-state index in [4.69, 9.17) is 4.74 Å². The quantitative estimate of drug-likeness (QED) is 0.894. The summed E-state index contributed by atoms with van der Waals surface area (Å²) in [5.74, 6) is -0.334. The lowest BCUT2D eigenvalue weighted by Crippen LogP contribution is -2.36. The standard InChI is InChI=1S/C17H19N3O3S/c1-12(21)18-16-7-6-15(24-16)17(22)19-13-4-2-3-5-14(13)20-8-10-23-11-9-20/h2-7H,8-11H2,1H3,(H,18,21)(H,19,22). The van der Waals surface area contributed by atoms with Gasteiger partial charge >= 0.3 is 0 Å². The van der Waals surface area contributed by atoms with Crippen LogP contribution in [0.5, 0.6) is 0 Å². The molecule has 6 nitrogen and oxygen atoms in total. The SMILES string of the molecule is CC(=O)Nc1ccc(C(=O)Nc2ccccc2N2CCOCC2)s1. The molecule has 2 heterocycles. The van der Waals surface area contributed by atoms with Crippen LogP contribution in [0.3, 0.4) is 0 Å². The molecule has 0 unspecified atom stereocenters. The number of carbonyl (C=O) groups is 2. The van der Waals surface area contributed by atoms with Crippen LogP contribution in [0.15, 0.2) is 36.4 Å². The molecule has 1 fully saturated rings. The van der Waals surface area contributed by atoms with Gasteiger partial charge in [0.15, 0.2) is 0 Å².